The summed E-state index contributed by atoms with van der Waals surface area (Å²) < 4.78 is 78.4. The first-order valence-corrected chi connectivity index (χ1v) is 14.4. The van der Waals surface area contributed by atoms with Crippen LogP contribution in [0.5, 0.6) is 0 Å². The predicted octanol–water partition coefficient (Wildman–Crippen LogP) is -6.17. The van der Waals surface area contributed by atoms with Gasteiger partial charge >= 0.3 is 68.3 Å². The zero-order chi connectivity index (χ0) is 25.2. The third kappa shape index (κ3) is 44.8. The van der Waals surface area contributed by atoms with E-state index in [1.165, 1.54) is 0 Å². The summed E-state index contributed by atoms with van der Waals surface area (Å²) in [6.45, 7) is 0. The Labute approximate surface area is 233 Å². The molecule has 0 aliphatic rings. The van der Waals surface area contributed by atoms with E-state index in [9.17, 15) is 71.4 Å². The van der Waals surface area contributed by atoms with Gasteiger partial charge in [0.25, 0.3) is 23.5 Å². The van der Waals surface area contributed by atoms with Crippen molar-refractivity contribution >= 4 is 46.9 Å². The molecule has 0 aromatic heterocycles. The van der Waals surface area contributed by atoms with Gasteiger partial charge in [-0.25, -0.2) is 0 Å². The van der Waals surface area contributed by atoms with E-state index in [4.69, 9.17) is 0 Å². The topological polar surface area (TPSA) is 365 Å². The third-order valence-corrected chi connectivity index (χ3v) is 7.41. The van der Waals surface area contributed by atoms with Crippen molar-refractivity contribution < 1.29 is 166 Å². The maximum absolute atomic E-state index is 10.0. The van der Waals surface area contributed by atoms with Gasteiger partial charge in [-0.2, -0.15) is 0 Å². The molecule has 3 unspecified atom stereocenters. The second-order valence-corrected chi connectivity index (χ2v) is 11.9. The molecule has 34 heavy (non-hydrogen) atoms. The number of hydrogen-bond acceptors (Lipinski definition) is 21. The van der Waals surface area contributed by atoms with Gasteiger partial charge in [0.2, 0.25) is 0 Å². The first kappa shape index (κ1) is 53.2. The summed E-state index contributed by atoms with van der Waals surface area (Å²) in [4.78, 5) is 87.7. The molecule has 0 amide bonds. The van der Waals surface area contributed by atoms with E-state index in [2.05, 4.69) is 26.5 Å². The Hall–Kier alpha value is 2.86. The summed E-state index contributed by atoms with van der Waals surface area (Å²) in [6, 6.07) is 0. The molecule has 0 fully saturated rings. The summed E-state index contributed by atoms with van der Waals surface area (Å²) in [5.41, 5.74) is 0. The van der Waals surface area contributed by atoms with Crippen molar-refractivity contribution in [2.75, 3.05) is 21.3 Å². The molecule has 31 heteroatoms. The molecule has 0 aromatic rings. The van der Waals surface area contributed by atoms with Crippen LogP contribution in [0.4, 0.5) is 0 Å². The van der Waals surface area contributed by atoms with E-state index in [0.29, 0.717) is 21.3 Å². The van der Waals surface area contributed by atoms with Gasteiger partial charge < -0.3 is 71.3 Å². The fourth-order valence-electron chi connectivity index (χ4n) is 0.467. The van der Waals surface area contributed by atoms with Crippen molar-refractivity contribution in [1.82, 2.24) is 0 Å². The van der Waals surface area contributed by atoms with Crippen LogP contribution >= 0.6 is 46.9 Å². The predicted molar refractivity (Wildman–Crippen MR) is 69.9 cm³/mol. The van der Waals surface area contributed by atoms with Crippen molar-refractivity contribution in [3.8, 4) is 0 Å². The molecule has 0 bridgehead atoms. The Morgan fingerprint density at radius 2 is 0.529 bits per heavy atom. The van der Waals surface area contributed by atoms with Gasteiger partial charge in [0.15, 0.2) is 0 Å². The van der Waals surface area contributed by atoms with E-state index in [1.54, 1.807) is 0 Å². The van der Waals surface area contributed by atoms with Crippen molar-refractivity contribution in [3.05, 3.63) is 0 Å². The van der Waals surface area contributed by atoms with E-state index < -0.39 is 46.9 Å². The Kier molecular flexibility index (Phi) is 33.9. The first-order valence-electron chi connectivity index (χ1n) is 5.61. The second-order valence-electron chi connectivity index (χ2n) is 3.48. The molecule has 0 aliphatic heterocycles. The SMILES string of the molecule is COP(=O)([O-])OP(=O)([O-])[O-].COP(=O)([O-])OP(=O)([O-])[O-].COP(=O)([O-])OP(=O)([O-])[O-].[Fe+3].[Mn+2].[Mn+2].[Mn+2]. The molecule has 0 aliphatic carbocycles. The van der Waals surface area contributed by atoms with Crippen LogP contribution < -0.4 is 44.0 Å². The standard InChI is InChI=1S/3CH6O7P2.Fe.3Mn/c3*1-7-10(5,6)8-9(2,3)4;;;;/h3*1H3,(H,5,6)(H2,2,3,4);;;;/q;;;+3;3*+2/p-9. The van der Waals surface area contributed by atoms with Crippen molar-refractivity contribution in [1.29, 1.82) is 0 Å². The normalized spacial score (nSPS) is 16.2. The Balaban J connectivity index is -0.0000000607. The molecule has 21 nitrogen and oxygen atoms in total. The minimum Gasteiger partial charge on any atom is -0.790 e. The van der Waals surface area contributed by atoms with Crippen LogP contribution in [0.15, 0.2) is 0 Å². The summed E-state index contributed by atoms with van der Waals surface area (Å²) in [7, 11) is -29.3. The van der Waals surface area contributed by atoms with Crippen LogP contribution in [-0.4, -0.2) is 21.3 Å². The molecular formula is C3H9FeMn3O21P6. The van der Waals surface area contributed by atoms with Crippen LogP contribution in [0.1, 0.15) is 0 Å². The summed E-state index contributed by atoms with van der Waals surface area (Å²) in [5.74, 6) is 0. The number of rotatable bonds is 9. The summed E-state index contributed by atoms with van der Waals surface area (Å²) in [5, 5.41) is 0. The molecular weight excluding hydrogens is 779 g/mol. The summed E-state index contributed by atoms with van der Waals surface area (Å²) >= 11 is 0. The minimum absolute atomic E-state index is 0. The molecule has 4 radical (unpaired) electrons. The Morgan fingerprint density at radius 3 is 0.559 bits per heavy atom. The molecule has 0 N–H and O–H groups in total. The quantitative estimate of drug-likeness (QED) is 0.155. The first-order chi connectivity index (χ1) is 12.8. The van der Waals surface area contributed by atoms with Crippen LogP contribution in [-0.2, 0) is 122 Å². The maximum Gasteiger partial charge on any atom is 3.00 e. The molecule has 0 saturated heterocycles. The smallest absolute Gasteiger partial charge is 0.790 e. The van der Waals surface area contributed by atoms with E-state index in [1.807, 2.05) is 0 Å². The van der Waals surface area contributed by atoms with Gasteiger partial charge in [-0.05, 0) is 0 Å². The van der Waals surface area contributed by atoms with Gasteiger partial charge in [0.05, 0.1) is 23.5 Å². The number of phosphoric acid groups is 6. The van der Waals surface area contributed by atoms with Crippen LogP contribution in [0.2, 0.25) is 0 Å². The summed E-state index contributed by atoms with van der Waals surface area (Å²) in [6.07, 6.45) is 0. The second kappa shape index (κ2) is 21.7. The van der Waals surface area contributed by atoms with Crippen molar-refractivity contribution in [2.24, 2.45) is 0 Å². The maximum atomic E-state index is 10.0. The number of phosphoric ester groups is 3. The minimum atomic E-state index is -5.50. The molecule has 206 valence electrons. The van der Waals surface area contributed by atoms with Crippen LogP contribution in [0, 0.1) is 0 Å². The third-order valence-electron chi connectivity index (χ3n) is 1.27. The van der Waals surface area contributed by atoms with Gasteiger partial charge in [0.1, 0.15) is 0 Å². The monoisotopic (exact) mass is 788 g/mol. The average Bonchev–Trinajstić information content (AvgIpc) is 2.41. The van der Waals surface area contributed by atoms with Gasteiger partial charge in [-0.1, -0.05) is 0 Å². The molecule has 0 aromatic carbocycles. The van der Waals surface area contributed by atoms with E-state index >= 15 is 0 Å². The zero-order valence-electron chi connectivity index (χ0n) is 15.7. The van der Waals surface area contributed by atoms with Crippen molar-refractivity contribution in [2.45, 2.75) is 0 Å². The van der Waals surface area contributed by atoms with Crippen LogP contribution in [0.25, 0.3) is 0 Å². The fourth-order valence-corrected chi connectivity index (χ4v) is 4.21. The number of hydrogen-bond donors (Lipinski definition) is 0. The molecule has 3 atom stereocenters. The molecule has 0 spiro atoms. The van der Waals surface area contributed by atoms with E-state index in [0.717, 1.165) is 0 Å². The van der Waals surface area contributed by atoms with Gasteiger partial charge in [0, 0.05) is 21.3 Å². The molecule has 0 rings (SSSR count). The fraction of sp³-hybridized carbons (Fsp3) is 1.00. The average molecular weight is 788 g/mol. The van der Waals surface area contributed by atoms with Gasteiger partial charge in [-0.15, -0.1) is 0 Å². The largest absolute Gasteiger partial charge is 3.00 e. The molecule has 0 saturated carbocycles. The Bertz CT molecular complexity index is 695. The van der Waals surface area contributed by atoms with Crippen LogP contribution in [0.3, 0.4) is 0 Å². The van der Waals surface area contributed by atoms with Crippen molar-refractivity contribution in [3.63, 3.8) is 0 Å². The molecule has 0 heterocycles. The zero-order valence-corrected chi connectivity index (χ0v) is 25.8. The Morgan fingerprint density at radius 1 is 0.412 bits per heavy atom. The van der Waals surface area contributed by atoms with Gasteiger partial charge in [-0.3, -0.25) is 26.6 Å². The van der Waals surface area contributed by atoms with E-state index in [-0.39, 0.29) is 68.3 Å².